The molecule has 0 saturated heterocycles. The summed E-state index contributed by atoms with van der Waals surface area (Å²) in [5.41, 5.74) is 0.239. The summed E-state index contributed by atoms with van der Waals surface area (Å²) in [6.07, 6.45) is -5.66. The Morgan fingerprint density at radius 3 is 2.43 bits per heavy atom. The Morgan fingerprint density at radius 2 is 1.95 bits per heavy atom. The summed E-state index contributed by atoms with van der Waals surface area (Å²) in [5.74, 6) is 0.300. The zero-order valence-corrected chi connectivity index (χ0v) is 12.3. The van der Waals surface area contributed by atoms with E-state index in [4.69, 9.17) is 9.84 Å². The lowest BCUT2D eigenvalue weighted by atomic mass is 10.2. The molecule has 1 aromatic carbocycles. The molecule has 1 rings (SSSR count). The molecule has 0 unspecified atom stereocenters. The van der Waals surface area contributed by atoms with E-state index in [2.05, 4.69) is 0 Å². The van der Waals surface area contributed by atoms with Gasteiger partial charge in [0.15, 0.2) is 0 Å². The lowest BCUT2D eigenvalue weighted by Gasteiger charge is -2.19. The molecule has 0 fully saturated rings. The molecule has 1 N–H and O–H groups in total. The Bertz CT molecular complexity index is 587. The van der Waals surface area contributed by atoms with Gasteiger partial charge < -0.3 is 9.84 Å². The van der Waals surface area contributed by atoms with Crippen LogP contribution in [-0.4, -0.2) is 44.7 Å². The van der Waals surface area contributed by atoms with Crippen molar-refractivity contribution < 1.29 is 31.4 Å². The van der Waals surface area contributed by atoms with Crippen molar-refractivity contribution in [1.29, 1.82) is 0 Å². The molecule has 0 heterocycles. The molecule has 0 aliphatic heterocycles. The summed E-state index contributed by atoms with van der Waals surface area (Å²) in [7, 11) is -1.62. The average molecular weight is 327 g/mol. The van der Waals surface area contributed by atoms with Gasteiger partial charge in [0, 0.05) is 19.2 Å². The number of nitrogens with zero attached hydrogens (tertiary/aromatic N) is 1. The summed E-state index contributed by atoms with van der Waals surface area (Å²) >= 11 is 0. The van der Waals surface area contributed by atoms with Crippen molar-refractivity contribution >= 4 is 10.0 Å². The lowest BCUT2D eigenvalue weighted by Crippen LogP contribution is -2.30. The minimum atomic E-state index is -4.43. The van der Waals surface area contributed by atoms with Crippen molar-refractivity contribution in [3.8, 4) is 5.75 Å². The summed E-state index contributed by atoms with van der Waals surface area (Å²) in [6.45, 7) is -1.12. The number of halogens is 3. The number of benzene rings is 1. The second kappa shape index (κ2) is 6.63. The molecular weight excluding hydrogens is 311 g/mol. The fourth-order valence-electron chi connectivity index (χ4n) is 1.62. The first-order valence-electron chi connectivity index (χ1n) is 5.92. The van der Waals surface area contributed by atoms with Crippen LogP contribution in [0.5, 0.6) is 5.75 Å². The second-order valence-corrected chi connectivity index (χ2v) is 6.37. The van der Waals surface area contributed by atoms with Crippen molar-refractivity contribution in [1.82, 2.24) is 4.31 Å². The smallest absolute Gasteiger partial charge is 0.390 e. The fourth-order valence-corrected chi connectivity index (χ4v) is 2.85. The van der Waals surface area contributed by atoms with E-state index in [1.165, 1.54) is 25.3 Å². The van der Waals surface area contributed by atoms with Crippen LogP contribution in [0.1, 0.15) is 12.0 Å². The SMILES string of the molecule is COc1ccc(S(=O)(=O)N(C)CCC(F)(F)F)cc1CO. The highest BCUT2D eigenvalue weighted by atomic mass is 32.2. The zero-order chi connectivity index (χ0) is 16.3. The van der Waals surface area contributed by atoms with Crippen LogP contribution in [0.4, 0.5) is 13.2 Å². The largest absolute Gasteiger partial charge is 0.496 e. The quantitative estimate of drug-likeness (QED) is 0.864. The van der Waals surface area contributed by atoms with E-state index in [1.807, 2.05) is 0 Å². The van der Waals surface area contributed by atoms with Crippen molar-refractivity contribution in [3.63, 3.8) is 0 Å². The second-order valence-electron chi connectivity index (χ2n) is 4.32. The van der Waals surface area contributed by atoms with Gasteiger partial charge >= 0.3 is 6.18 Å². The van der Waals surface area contributed by atoms with Gasteiger partial charge in [0.2, 0.25) is 10.0 Å². The normalized spacial score (nSPS) is 12.7. The highest BCUT2D eigenvalue weighted by Crippen LogP contribution is 2.25. The number of hydrogen-bond donors (Lipinski definition) is 1. The van der Waals surface area contributed by atoms with Crippen LogP contribution in [0.15, 0.2) is 23.1 Å². The summed E-state index contributed by atoms with van der Waals surface area (Å²) in [6, 6.07) is 3.74. The Balaban J connectivity index is 3.02. The molecule has 1 aromatic rings. The topological polar surface area (TPSA) is 66.8 Å². The Kier molecular flexibility index (Phi) is 5.60. The first kappa shape index (κ1) is 17.7. The number of rotatable bonds is 6. The molecule has 0 amide bonds. The van der Waals surface area contributed by atoms with Crippen LogP contribution in [0, 0.1) is 0 Å². The summed E-state index contributed by atoms with van der Waals surface area (Å²) in [5, 5.41) is 9.15. The number of sulfonamides is 1. The molecule has 0 aliphatic carbocycles. The maximum atomic E-state index is 12.2. The van der Waals surface area contributed by atoms with Crippen molar-refractivity contribution in [2.75, 3.05) is 20.7 Å². The molecule has 0 spiro atoms. The molecule has 5 nitrogen and oxygen atoms in total. The molecule has 0 saturated carbocycles. The van der Waals surface area contributed by atoms with Crippen molar-refractivity contribution in [3.05, 3.63) is 23.8 Å². The number of aliphatic hydroxyl groups is 1. The molecule has 9 heteroatoms. The molecule has 0 bridgehead atoms. The summed E-state index contributed by atoms with van der Waals surface area (Å²) in [4.78, 5) is -0.197. The van der Waals surface area contributed by atoms with E-state index < -0.39 is 35.8 Å². The maximum Gasteiger partial charge on any atom is 0.390 e. The third kappa shape index (κ3) is 4.58. The molecule has 0 aliphatic rings. The Hall–Kier alpha value is -1.32. The van der Waals surface area contributed by atoms with E-state index >= 15 is 0 Å². The number of aliphatic hydroxyl groups excluding tert-OH is 1. The molecule has 0 radical (unpaired) electrons. The number of hydrogen-bond acceptors (Lipinski definition) is 4. The van der Waals surface area contributed by atoms with Crippen LogP contribution in [-0.2, 0) is 16.6 Å². The van der Waals surface area contributed by atoms with Gasteiger partial charge in [-0.05, 0) is 18.2 Å². The number of ether oxygens (including phenoxy) is 1. The first-order valence-corrected chi connectivity index (χ1v) is 7.36. The Labute approximate surface area is 121 Å². The van der Waals surface area contributed by atoms with Crippen LogP contribution in [0.2, 0.25) is 0 Å². The van der Waals surface area contributed by atoms with E-state index in [9.17, 15) is 21.6 Å². The average Bonchev–Trinajstić information content (AvgIpc) is 2.42. The van der Waals surface area contributed by atoms with Crippen LogP contribution < -0.4 is 4.74 Å². The predicted octanol–water partition coefficient (Wildman–Crippen LogP) is 1.76. The molecular formula is C12H16F3NO4S. The van der Waals surface area contributed by atoms with Crippen molar-refractivity contribution in [2.24, 2.45) is 0 Å². The first-order chi connectivity index (χ1) is 9.61. The standard InChI is InChI=1S/C12H16F3NO4S/c1-16(6-5-12(13,14)15)21(18,19)10-3-4-11(20-2)9(7-10)8-17/h3-4,7,17H,5-6,8H2,1-2H3. The minimum absolute atomic E-state index is 0.197. The lowest BCUT2D eigenvalue weighted by molar-refractivity contribution is -0.135. The van der Waals surface area contributed by atoms with Gasteiger partial charge in [0.05, 0.1) is 25.0 Å². The fraction of sp³-hybridized carbons (Fsp3) is 0.500. The van der Waals surface area contributed by atoms with Gasteiger partial charge in [-0.2, -0.15) is 13.2 Å². The van der Waals surface area contributed by atoms with Gasteiger partial charge in [-0.15, -0.1) is 0 Å². The maximum absolute atomic E-state index is 12.2. The van der Waals surface area contributed by atoms with Crippen molar-refractivity contribution in [2.45, 2.75) is 24.1 Å². The third-order valence-electron chi connectivity index (χ3n) is 2.84. The Morgan fingerprint density at radius 1 is 1.33 bits per heavy atom. The monoisotopic (exact) mass is 327 g/mol. The van der Waals surface area contributed by atoms with E-state index in [0.717, 1.165) is 7.05 Å². The van der Waals surface area contributed by atoms with E-state index in [1.54, 1.807) is 0 Å². The van der Waals surface area contributed by atoms with Gasteiger partial charge in [-0.1, -0.05) is 0 Å². The highest BCUT2D eigenvalue weighted by Gasteiger charge is 2.30. The zero-order valence-electron chi connectivity index (χ0n) is 11.5. The minimum Gasteiger partial charge on any atom is -0.496 e. The molecule has 120 valence electrons. The molecule has 21 heavy (non-hydrogen) atoms. The van der Waals surface area contributed by atoms with E-state index in [0.29, 0.717) is 10.1 Å². The molecule has 0 atom stereocenters. The van der Waals surface area contributed by atoms with Gasteiger partial charge in [-0.3, -0.25) is 0 Å². The van der Waals surface area contributed by atoms with Gasteiger partial charge in [0.1, 0.15) is 5.75 Å². The molecule has 0 aromatic heterocycles. The summed E-state index contributed by atoms with van der Waals surface area (Å²) < 4.78 is 66.3. The number of alkyl halides is 3. The van der Waals surface area contributed by atoms with Crippen LogP contribution in [0.3, 0.4) is 0 Å². The van der Waals surface area contributed by atoms with Crippen LogP contribution >= 0.6 is 0 Å². The predicted molar refractivity (Wildman–Crippen MR) is 69.4 cm³/mol. The van der Waals surface area contributed by atoms with E-state index in [-0.39, 0.29) is 10.5 Å². The van der Waals surface area contributed by atoms with Gasteiger partial charge in [0.25, 0.3) is 0 Å². The van der Waals surface area contributed by atoms with Gasteiger partial charge in [-0.25, -0.2) is 12.7 Å². The third-order valence-corrected chi connectivity index (χ3v) is 4.69. The highest BCUT2D eigenvalue weighted by molar-refractivity contribution is 7.89. The van der Waals surface area contributed by atoms with Crippen LogP contribution in [0.25, 0.3) is 0 Å². The number of methoxy groups -OCH3 is 1.